The van der Waals surface area contributed by atoms with Crippen molar-refractivity contribution in [3.63, 3.8) is 0 Å². The molecule has 0 radical (unpaired) electrons. The first-order valence-electron chi connectivity index (χ1n) is 8.78. The first-order valence-corrected chi connectivity index (χ1v) is 19.2. The van der Waals surface area contributed by atoms with Gasteiger partial charge in [-0.1, -0.05) is 122 Å². The molecule has 1 atom stereocenters. The lowest BCUT2D eigenvalue weighted by Crippen LogP contribution is -2.64. The third-order valence-corrected chi connectivity index (χ3v) is 27.5. The van der Waals surface area contributed by atoms with Crippen LogP contribution in [0, 0.1) is 0 Å². The summed E-state index contributed by atoms with van der Waals surface area (Å²) >= 11 is 0. The van der Waals surface area contributed by atoms with Crippen LogP contribution >= 0.6 is 0 Å². The summed E-state index contributed by atoms with van der Waals surface area (Å²) in [6.07, 6.45) is 0. The molecule has 2 aromatic carbocycles. The summed E-state index contributed by atoms with van der Waals surface area (Å²) in [6.45, 7) is 15.5. The van der Waals surface area contributed by atoms with Crippen molar-refractivity contribution in [2.24, 2.45) is 0 Å². The standard InChI is InChI=1S/C20H32Si3/c1-21(2,3)23(6,20-15-11-8-12-16-20)18-17-22(4,5)19-13-9-7-10-14-19/h7-16H,17-18H2,1-6H3. The molecule has 2 rings (SSSR count). The molecule has 0 heterocycles. The molecule has 0 aliphatic carbocycles. The normalized spacial score (nSPS) is 15.2. The summed E-state index contributed by atoms with van der Waals surface area (Å²) in [6, 6.07) is 25.5. The molecule has 0 saturated carbocycles. The summed E-state index contributed by atoms with van der Waals surface area (Å²) in [5, 5.41) is 3.29. The zero-order chi connectivity index (χ0) is 17.1. The fourth-order valence-corrected chi connectivity index (χ4v) is 18.5. The smallest absolute Gasteiger partial charge is 0.0712 e. The molecule has 0 aromatic heterocycles. The Bertz CT molecular complexity index is 614. The quantitative estimate of drug-likeness (QED) is 0.639. The van der Waals surface area contributed by atoms with Crippen LogP contribution in [-0.2, 0) is 0 Å². The second-order valence-electron chi connectivity index (χ2n) is 8.70. The Morgan fingerprint density at radius 2 is 1.00 bits per heavy atom. The van der Waals surface area contributed by atoms with Crippen LogP contribution in [0.3, 0.4) is 0 Å². The van der Waals surface area contributed by atoms with E-state index in [0.29, 0.717) is 0 Å². The van der Waals surface area contributed by atoms with Gasteiger partial charge in [0.25, 0.3) is 0 Å². The van der Waals surface area contributed by atoms with E-state index in [-0.39, 0.29) is 0 Å². The topological polar surface area (TPSA) is 0 Å². The average Bonchev–Trinajstić information content (AvgIpc) is 2.53. The maximum absolute atomic E-state index is 2.66. The second kappa shape index (κ2) is 6.91. The summed E-state index contributed by atoms with van der Waals surface area (Å²) in [4.78, 5) is 0. The van der Waals surface area contributed by atoms with Crippen LogP contribution in [0.15, 0.2) is 60.7 Å². The maximum atomic E-state index is 2.66. The van der Waals surface area contributed by atoms with E-state index >= 15 is 0 Å². The molecule has 2 aromatic rings. The monoisotopic (exact) mass is 356 g/mol. The first-order chi connectivity index (χ1) is 10.7. The molecule has 0 N–H and O–H groups in total. The highest BCUT2D eigenvalue weighted by molar-refractivity contribution is 7.45. The van der Waals surface area contributed by atoms with Crippen LogP contribution in [0.1, 0.15) is 0 Å². The minimum Gasteiger partial charge on any atom is -0.0712 e. The number of benzene rings is 2. The Labute approximate surface area is 145 Å². The van der Waals surface area contributed by atoms with E-state index in [1.165, 1.54) is 12.1 Å². The van der Waals surface area contributed by atoms with Crippen LogP contribution in [0.25, 0.3) is 0 Å². The molecular formula is C20H32Si3. The van der Waals surface area contributed by atoms with Crippen molar-refractivity contribution in [2.75, 3.05) is 0 Å². The Morgan fingerprint density at radius 1 is 0.565 bits per heavy atom. The Hall–Kier alpha value is -0.909. The molecule has 124 valence electrons. The van der Waals surface area contributed by atoms with Crippen molar-refractivity contribution >= 4 is 33.6 Å². The van der Waals surface area contributed by atoms with E-state index in [1.807, 2.05) is 0 Å². The van der Waals surface area contributed by atoms with Gasteiger partial charge in [0.05, 0.1) is 15.7 Å². The van der Waals surface area contributed by atoms with E-state index in [2.05, 4.69) is 99.9 Å². The van der Waals surface area contributed by atoms with Gasteiger partial charge in [-0.05, 0) is 0 Å². The Morgan fingerprint density at radius 3 is 1.43 bits per heavy atom. The zero-order valence-corrected chi connectivity index (χ0v) is 18.7. The second-order valence-corrected chi connectivity index (χ2v) is 29.6. The fraction of sp³-hybridized carbons (Fsp3) is 0.400. The van der Waals surface area contributed by atoms with Gasteiger partial charge in [0, 0.05) is 7.59 Å². The largest absolute Gasteiger partial charge is 0.0803 e. The van der Waals surface area contributed by atoms with Crippen LogP contribution in [0.4, 0.5) is 0 Å². The van der Waals surface area contributed by atoms with Crippen molar-refractivity contribution in [3.05, 3.63) is 60.7 Å². The molecule has 0 fully saturated rings. The minimum absolute atomic E-state index is 1.19. The third-order valence-electron chi connectivity index (χ3n) is 5.87. The first kappa shape index (κ1) is 18.4. The molecule has 0 aliphatic heterocycles. The molecule has 1 unspecified atom stereocenters. The summed E-state index contributed by atoms with van der Waals surface area (Å²) in [5.74, 6) is 0. The van der Waals surface area contributed by atoms with Crippen LogP contribution in [-0.4, -0.2) is 23.3 Å². The lowest BCUT2D eigenvalue weighted by Gasteiger charge is -2.41. The third kappa shape index (κ3) is 4.14. The molecule has 0 saturated heterocycles. The van der Waals surface area contributed by atoms with E-state index in [0.717, 1.165) is 0 Å². The molecule has 0 spiro atoms. The fourth-order valence-electron chi connectivity index (χ4n) is 3.35. The van der Waals surface area contributed by atoms with Gasteiger partial charge >= 0.3 is 0 Å². The lowest BCUT2D eigenvalue weighted by molar-refractivity contribution is 1.31. The summed E-state index contributed by atoms with van der Waals surface area (Å²) in [5.41, 5.74) is 0. The van der Waals surface area contributed by atoms with Gasteiger partial charge < -0.3 is 0 Å². The van der Waals surface area contributed by atoms with E-state index in [9.17, 15) is 0 Å². The molecule has 0 aliphatic rings. The maximum Gasteiger partial charge on any atom is 0.0803 e. The number of hydrogen-bond acceptors (Lipinski definition) is 0. The molecule has 3 heteroatoms. The van der Waals surface area contributed by atoms with Gasteiger partial charge in [0.2, 0.25) is 0 Å². The summed E-state index contributed by atoms with van der Waals surface area (Å²) in [7, 11) is -3.93. The van der Waals surface area contributed by atoms with Crippen LogP contribution in [0.2, 0.25) is 51.4 Å². The Kier molecular flexibility index (Phi) is 5.54. The van der Waals surface area contributed by atoms with Crippen molar-refractivity contribution in [1.29, 1.82) is 0 Å². The van der Waals surface area contributed by atoms with Crippen molar-refractivity contribution in [1.82, 2.24) is 0 Å². The van der Waals surface area contributed by atoms with Crippen LogP contribution < -0.4 is 10.4 Å². The van der Waals surface area contributed by atoms with Gasteiger partial charge in [-0.25, -0.2) is 0 Å². The van der Waals surface area contributed by atoms with E-state index in [1.54, 1.807) is 10.4 Å². The van der Waals surface area contributed by atoms with E-state index < -0.39 is 23.3 Å². The number of rotatable bonds is 6. The highest BCUT2D eigenvalue weighted by Crippen LogP contribution is 2.28. The number of hydrogen-bond donors (Lipinski definition) is 0. The molecular weight excluding hydrogens is 324 g/mol. The molecule has 23 heavy (non-hydrogen) atoms. The SMILES string of the molecule is C[Si](C)(CC[Si](C)(c1ccccc1)[Si](C)(C)C)c1ccccc1. The lowest BCUT2D eigenvalue weighted by atomic mass is 10.4. The van der Waals surface area contributed by atoms with Crippen molar-refractivity contribution < 1.29 is 0 Å². The molecule has 0 amide bonds. The highest BCUT2D eigenvalue weighted by atomic mass is 29.3. The van der Waals surface area contributed by atoms with Gasteiger partial charge in [-0.3, -0.25) is 0 Å². The summed E-state index contributed by atoms with van der Waals surface area (Å²) < 4.78 is 0. The van der Waals surface area contributed by atoms with Gasteiger partial charge in [-0.2, -0.15) is 0 Å². The highest BCUT2D eigenvalue weighted by Gasteiger charge is 2.43. The Balaban J connectivity index is 2.27. The predicted octanol–water partition coefficient (Wildman–Crippen LogP) is 5.00. The molecule has 0 bridgehead atoms. The van der Waals surface area contributed by atoms with E-state index in [4.69, 9.17) is 0 Å². The van der Waals surface area contributed by atoms with Gasteiger partial charge in [-0.15, -0.1) is 0 Å². The zero-order valence-electron chi connectivity index (χ0n) is 15.7. The minimum atomic E-state index is -1.40. The van der Waals surface area contributed by atoms with Crippen LogP contribution in [0.5, 0.6) is 0 Å². The van der Waals surface area contributed by atoms with Crippen molar-refractivity contribution in [3.8, 4) is 0 Å². The average molecular weight is 357 g/mol. The van der Waals surface area contributed by atoms with Gasteiger partial charge in [0.15, 0.2) is 0 Å². The molecule has 0 nitrogen and oxygen atoms in total. The van der Waals surface area contributed by atoms with Crippen molar-refractivity contribution in [2.45, 2.75) is 51.4 Å². The predicted molar refractivity (Wildman–Crippen MR) is 114 cm³/mol. The van der Waals surface area contributed by atoms with Gasteiger partial charge in [0.1, 0.15) is 0 Å².